The number of nitrogens with one attached hydrogen (secondary N) is 1. The summed E-state index contributed by atoms with van der Waals surface area (Å²) in [5.41, 5.74) is 3.07. The van der Waals surface area contributed by atoms with Gasteiger partial charge in [0.1, 0.15) is 0 Å². The molecule has 0 bridgehead atoms. The molecule has 0 heterocycles. The number of non-ortho nitro benzene ring substituents is 1. The Labute approximate surface area is 183 Å². The zero-order valence-corrected chi connectivity index (χ0v) is 18.3. The van der Waals surface area contributed by atoms with Crippen LogP contribution in [0, 0.1) is 10.1 Å². The van der Waals surface area contributed by atoms with Crippen molar-refractivity contribution in [2.75, 3.05) is 12.9 Å². The number of thioether (sulfide) groups is 1. The molecule has 0 aliphatic carbocycles. The Kier molecular flexibility index (Phi) is 8.94. The van der Waals surface area contributed by atoms with E-state index in [9.17, 15) is 14.9 Å². The second-order valence-corrected chi connectivity index (χ2v) is 7.66. The maximum Gasteiger partial charge on any atom is 0.269 e. The molecule has 160 valence electrons. The Morgan fingerprint density at radius 1 is 1.37 bits per heavy atom. The van der Waals surface area contributed by atoms with Crippen LogP contribution in [0.15, 0.2) is 46.4 Å². The zero-order chi connectivity index (χ0) is 22.1. The van der Waals surface area contributed by atoms with Crippen molar-refractivity contribution in [2.45, 2.75) is 31.3 Å². The molecule has 2 aromatic rings. The second kappa shape index (κ2) is 11.4. The monoisotopic (exact) mass is 451 g/mol. The summed E-state index contributed by atoms with van der Waals surface area (Å²) < 4.78 is 11.1. The van der Waals surface area contributed by atoms with E-state index < -0.39 is 4.92 Å². The summed E-state index contributed by atoms with van der Waals surface area (Å²) in [7, 11) is 1.52. The van der Waals surface area contributed by atoms with Gasteiger partial charge in [-0.1, -0.05) is 18.5 Å². The van der Waals surface area contributed by atoms with Crippen molar-refractivity contribution in [1.29, 1.82) is 0 Å². The number of methoxy groups -OCH3 is 1. The Balaban J connectivity index is 1.93. The first-order valence-corrected chi connectivity index (χ1v) is 10.4. The van der Waals surface area contributed by atoms with Crippen LogP contribution in [0.2, 0.25) is 5.02 Å². The molecule has 2 aromatic carbocycles. The van der Waals surface area contributed by atoms with Gasteiger partial charge in [-0.05, 0) is 43.2 Å². The lowest BCUT2D eigenvalue weighted by Crippen LogP contribution is -2.19. The van der Waals surface area contributed by atoms with Crippen molar-refractivity contribution in [3.63, 3.8) is 0 Å². The molecule has 0 spiro atoms. The third-order valence-electron chi connectivity index (χ3n) is 3.97. The third-order valence-corrected chi connectivity index (χ3v) is 5.26. The van der Waals surface area contributed by atoms with Crippen LogP contribution < -0.4 is 14.9 Å². The number of ether oxygens (including phenoxy) is 2. The predicted octanol–water partition coefficient (Wildman–Crippen LogP) is 4.68. The van der Waals surface area contributed by atoms with Crippen molar-refractivity contribution in [2.24, 2.45) is 5.10 Å². The number of hydrogen-bond acceptors (Lipinski definition) is 7. The molecule has 0 aromatic heterocycles. The van der Waals surface area contributed by atoms with Crippen molar-refractivity contribution in [3.8, 4) is 11.5 Å². The average Bonchev–Trinajstić information content (AvgIpc) is 2.73. The summed E-state index contributed by atoms with van der Waals surface area (Å²) in [5, 5.41) is 15.0. The highest BCUT2D eigenvalue weighted by molar-refractivity contribution is 8.00. The van der Waals surface area contributed by atoms with E-state index >= 15 is 0 Å². The Morgan fingerprint density at radius 3 is 2.67 bits per heavy atom. The van der Waals surface area contributed by atoms with Crippen molar-refractivity contribution in [3.05, 3.63) is 57.1 Å². The van der Waals surface area contributed by atoms with Crippen LogP contribution in [-0.2, 0) is 4.79 Å². The summed E-state index contributed by atoms with van der Waals surface area (Å²) in [5.74, 6) is 0.740. The van der Waals surface area contributed by atoms with E-state index in [4.69, 9.17) is 21.1 Å². The van der Waals surface area contributed by atoms with Gasteiger partial charge in [0.2, 0.25) is 5.91 Å². The fourth-order valence-corrected chi connectivity index (χ4v) is 3.19. The van der Waals surface area contributed by atoms with Gasteiger partial charge < -0.3 is 9.47 Å². The van der Waals surface area contributed by atoms with Crippen molar-refractivity contribution < 1.29 is 19.2 Å². The fourth-order valence-electron chi connectivity index (χ4n) is 2.24. The number of hydrogen-bond donors (Lipinski definition) is 1. The van der Waals surface area contributed by atoms with Gasteiger partial charge in [0, 0.05) is 17.0 Å². The summed E-state index contributed by atoms with van der Waals surface area (Å²) in [6.07, 6.45) is 2.27. The second-order valence-electron chi connectivity index (χ2n) is 6.20. The van der Waals surface area contributed by atoms with Gasteiger partial charge in [-0.15, -0.1) is 11.8 Å². The Morgan fingerprint density at radius 2 is 2.07 bits per heavy atom. The maximum absolute atomic E-state index is 12.0. The van der Waals surface area contributed by atoms with Gasteiger partial charge in [-0.3, -0.25) is 14.9 Å². The normalized spacial score (nSPS) is 11.9. The summed E-state index contributed by atoms with van der Waals surface area (Å²) in [6.45, 7) is 3.95. The third kappa shape index (κ3) is 6.93. The fraction of sp³-hybridized carbons (Fsp3) is 0.300. The minimum Gasteiger partial charge on any atom is -0.493 e. The summed E-state index contributed by atoms with van der Waals surface area (Å²) in [6, 6.07) is 9.36. The number of carbonyl (C=O) groups is 1. The number of carbonyl (C=O) groups excluding carboxylic acids is 1. The van der Waals surface area contributed by atoms with Crippen LogP contribution in [0.5, 0.6) is 11.5 Å². The molecule has 1 amide bonds. The highest BCUT2D eigenvalue weighted by Crippen LogP contribution is 2.37. The topological polar surface area (TPSA) is 103 Å². The van der Waals surface area contributed by atoms with Crippen LogP contribution in [-0.4, -0.2) is 36.0 Å². The summed E-state index contributed by atoms with van der Waals surface area (Å²) >= 11 is 7.55. The molecule has 0 fully saturated rings. The minimum absolute atomic E-state index is 0.00283. The quantitative estimate of drug-likeness (QED) is 0.243. The molecule has 0 saturated heterocycles. The predicted molar refractivity (Wildman–Crippen MR) is 118 cm³/mol. The largest absolute Gasteiger partial charge is 0.493 e. The number of nitrogens with zero attached hydrogens (tertiary/aromatic N) is 2. The smallest absolute Gasteiger partial charge is 0.269 e. The molecular weight excluding hydrogens is 430 g/mol. The number of amides is 1. The molecule has 2 rings (SSSR count). The molecular formula is C20H22ClN3O5S. The van der Waals surface area contributed by atoms with Crippen LogP contribution in [0.4, 0.5) is 5.69 Å². The number of hydrazone groups is 1. The highest BCUT2D eigenvalue weighted by atomic mass is 35.5. The lowest BCUT2D eigenvalue weighted by atomic mass is 10.2. The molecule has 30 heavy (non-hydrogen) atoms. The average molecular weight is 452 g/mol. The molecule has 8 nitrogen and oxygen atoms in total. The van der Waals surface area contributed by atoms with Gasteiger partial charge in [-0.2, -0.15) is 5.10 Å². The first-order valence-electron chi connectivity index (χ1n) is 9.07. The number of nitro groups is 1. The van der Waals surface area contributed by atoms with Crippen molar-refractivity contribution in [1.82, 2.24) is 5.43 Å². The number of halogens is 1. The van der Waals surface area contributed by atoms with Crippen LogP contribution >= 0.6 is 23.4 Å². The Bertz CT molecular complexity index is 921. The van der Waals surface area contributed by atoms with Gasteiger partial charge >= 0.3 is 0 Å². The van der Waals surface area contributed by atoms with E-state index in [1.807, 2.05) is 13.8 Å². The van der Waals surface area contributed by atoms with Gasteiger partial charge in [-0.25, -0.2) is 5.43 Å². The van der Waals surface area contributed by atoms with Gasteiger partial charge in [0.25, 0.3) is 5.69 Å². The van der Waals surface area contributed by atoms with E-state index in [0.29, 0.717) is 22.1 Å². The SMILES string of the molecule is CC[C@@H](C)Oc1c(Cl)cc(/C=N\NC(=O)CSc2ccc([N+](=O)[O-])cc2)cc1OC. The first-order chi connectivity index (χ1) is 14.3. The molecule has 1 N–H and O–H groups in total. The number of benzene rings is 2. The lowest BCUT2D eigenvalue weighted by molar-refractivity contribution is -0.384. The lowest BCUT2D eigenvalue weighted by Gasteiger charge is -2.17. The number of nitro benzene ring substituents is 1. The van der Waals surface area contributed by atoms with Gasteiger partial charge in [0.05, 0.1) is 35.1 Å². The standard InChI is InChI=1S/C20H22ClN3O5S/c1-4-13(2)29-20-17(21)9-14(10-18(20)28-3)11-22-23-19(25)12-30-16-7-5-15(6-8-16)24(26)27/h5-11,13H,4,12H2,1-3H3,(H,23,25)/b22-11-/t13-/m1/s1. The number of rotatable bonds is 10. The highest BCUT2D eigenvalue weighted by Gasteiger charge is 2.14. The van der Waals surface area contributed by atoms with E-state index in [1.54, 1.807) is 24.3 Å². The van der Waals surface area contributed by atoms with E-state index in [0.717, 1.165) is 11.3 Å². The van der Waals surface area contributed by atoms with Crippen LogP contribution in [0.1, 0.15) is 25.8 Å². The van der Waals surface area contributed by atoms with Crippen LogP contribution in [0.25, 0.3) is 0 Å². The molecule has 10 heteroatoms. The molecule has 1 atom stereocenters. The van der Waals surface area contributed by atoms with Gasteiger partial charge in [0.15, 0.2) is 11.5 Å². The molecule has 0 aliphatic heterocycles. The first kappa shape index (κ1) is 23.5. The Hall–Kier alpha value is -2.78. The minimum atomic E-state index is -0.472. The zero-order valence-electron chi connectivity index (χ0n) is 16.8. The van der Waals surface area contributed by atoms with Crippen molar-refractivity contribution >= 4 is 41.2 Å². The molecule has 0 aliphatic rings. The maximum atomic E-state index is 12.0. The summed E-state index contributed by atoms with van der Waals surface area (Å²) in [4.78, 5) is 22.9. The molecule has 0 radical (unpaired) electrons. The molecule has 0 unspecified atom stereocenters. The van der Waals surface area contributed by atoms with E-state index in [-0.39, 0.29) is 23.5 Å². The van der Waals surface area contributed by atoms with Crippen LogP contribution in [0.3, 0.4) is 0 Å². The van der Waals surface area contributed by atoms with E-state index in [2.05, 4.69) is 10.5 Å². The van der Waals surface area contributed by atoms with E-state index in [1.165, 1.54) is 37.2 Å². The molecule has 0 saturated carbocycles.